The summed E-state index contributed by atoms with van der Waals surface area (Å²) in [4.78, 5) is 6.14. The van der Waals surface area contributed by atoms with Crippen molar-refractivity contribution in [1.82, 2.24) is 0 Å². The summed E-state index contributed by atoms with van der Waals surface area (Å²) in [6, 6.07) is 9.73. The summed E-state index contributed by atoms with van der Waals surface area (Å²) in [5.41, 5.74) is 1.15. The third kappa shape index (κ3) is 3.83. The van der Waals surface area contributed by atoms with Crippen molar-refractivity contribution in [2.75, 3.05) is 16.4 Å². The van der Waals surface area contributed by atoms with E-state index in [2.05, 4.69) is 4.99 Å². The number of aliphatic imine (C=N–C) groups is 1. The smallest absolute Gasteiger partial charge is 0.164 e. The minimum Gasteiger partial charge on any atom is -0.312 e. The van der Waals surface area contributed by atoms with E-state index in [0.29, 0.717) is 15.9 Å². The molecule has 4 rings (SSSR count). The molecule has 0 bridgehead atoms. The first-order valence-corrected chi connectivity index (χ1v) is 11.4. The van der Waals surface area contributed by atoms with Crippen LogP contribution in [0.3, 0.4) is 0 Å². The van der Waals surface area contributed by atoms with Crippen molar-refractivity contribution in [2.45, 2.75) is 17.8 Å². The Kier molecular flexibility index (Phi) is 4.90. The van der Waals surface area contributed by atoms with E-state index in [1.54, 1.807) is 17.0 Å². The van der Waals surface area contributed by atoms with Crippen LogP contribution in [-0.2, 0) is 15.6 Å². The predicted octanol–water partition coefficient (Wildman–Crippen LogP) is 3.89. The lowest BCUT2D eigenvalue weighted by Gasteiger charge is -2.26. The molecule has 2 aromatic carbocycles. The van der Waals surface area contributed by atoms with Crippen LogP contribution in [0.2, 0.25) is 5.02 Å². The molecule has 0 aliphatic carbocycles. The van der Waals surface area contributed by atoms with Crippen LogP contribution in [-0.4, -0.2) is 37.2 Å². The van der Waals surface area contributed by atoms with Crippen LogP contribution in [0, 0.1) is 11.6 Å². The summed E-state index contributed by atoms with van der Waals surface area (Å²) in [6.45, 7) is 0. The van der Waals surface area contributed by atoms with Crippen LogP contribution < -0.4 is 4.90 Å². The normalized spacial score (nSPS) is 23.4. The van der Waals surface area contributed by atoms with Gasteiger partial charge >= 0.3 is 0 Å². The van der Waals surface area contributed by atoms with Crippen LogP contribution >= 0.6 is 23.4 Å². The summed E-state index contributed by atoms with van der Waals surface area (Å²) in [6.07, 6.45) is 0. The zero-order chi connectivity index (χ0) is 19.2. The molecule has 0 amide bonds. The molecular formula is C18H15ClF2N2O2S2. The van der Waals surface area contributed by atoms with Gasteiger partial charge in [-0.05, 0) is 29.8 Å². The number of rotatable bonds is 3. The maximum absolute atomic E-state index is 14.4. The van der Waals surface area contributed by atoms with E-state index in [4.69, 9.17) is 11.6 Å². The largest absolute Gasteiger partial charge is 0.312 e. The Hall–Kier alpha value is -1.64. The van der Waals surface area contributed by atoms with Crippen LogP contribution in [0.25, 0.3) is 0 Å². The Morgan fingerprint density at radius 3 is 2.59 bits per heavy atom. The highest BCUT2D eigenvalue weighted by molar-refractivity contribution is 8.13. The Morgan fingerprint density at radius 1 is 1.15 bits per heavy atom. The number of hydrogen-bond acceptors (Lipinski definition) is 5. The monoisotopic (exact) mass is 428 g/mol. The molecule has 2 atom stereocenters. The number of fused-ring (bicyclic) bond motifs is 1. The summed E-state index contributed by atoms with van der Waals surface area (Å²) in [7, 11) is -3.23. The Labute approximate surface area is 165 Å². The van der Waals surface area contributed by atoms with Gasteiger partial charge in [-0.2, -0.15) is 0 Å². The molecule has 1 saturated heterocycles. The number of amidine groups is 1. The van der Waals surface area contributed by atoms with E-state index in [-0.39, 0.29) is 17.2 Å². The van der Waals surface area contributed by atoms with Crippen molar-refractivity contribution < 1.29 is 17.2 Å². The van der Waals surface area contributed by atoms with Gasteiger partial charge in [0.2, 0.25) is 0 Å². The molecule has 0 aromatic heterocycles. The van der Waals surface area contributed by atoms with E-state index in [0.717, 1.165) is 17.7 Å². The van der Waals surface area contributed by atoms with Crippen molar-refractivity contribution in [3.05, 3.63) is 64.7 Å². The first-order chi connectivity index (χ1) is 12.8. The zero-order valence-corrected chi connectivity index (χ0v) is 16.4. The molecule has 0 radical (unpaired) electrons. The molecule has 0 saturated carbocycles. The Balaban J connectivity index is 1.64. The van der Waals surface area contributed by atoms with Gasteiger partial charge in [-0.3, -0.25) is 4.99 Å². The second kappa shape index (κ2) is 7.07. The summed E-state index contributed by atoms with van der Waals surface area (Å²) in [5.74, 6) is -0.995. The maximum Gasteiger partial charge on any atom is 0.164 e. The third-order valence-corrected chi connectivity index (χ3v) is 7.55. The molecule has 4 nitrogen and oxygen atoms in total. The molecule has 0 N–H and O–H groups in total. The average molecular weight is 429 g/mol. The van der Waals surface area contributed by atoms with Crippen molar-refractivity contribution in [3.8, 4) is 0 Å². The number of nitrogens with zero attached hydrogens (tertiary/aromatic N) is 2. The highest BCUT2D eigenvalue weighted by atomic mass is 35.5. The highest BCUT2D eigenvalue weighted by Gasteiger charge is 2.47. The van der Waals surface area contributed by atoms with Gasteiger partial charge in [0.15, 0.2) is 15.0 Å². The van der Waals surface area contributed by atoms with Crippen molar-refractivity contribution >= 4 is 44.1 Å². The number of halogens is 3. The van der Waals surface area contributed by atoms with Gasteiger partial charge < -0.3 is 4.90 Å². The number of hydrogen-bond donors (Lipinski definition) is 0. The molecule has 27 heavy (non-hydrogen) atoms. The van der Waals surface area contributed by atoms with Crippen LogP contribution in [0.15, 0.2) is 47.5 Å². The van der Waals surface area contributed by atoms with Gasteiger partial charge in [0.25, 0.3) is 0 Å². The van der Waals surface area contributed by atoms with Gasteiger partial charge in [0.1, 0.15) is 11.6 Å². The molecule has 2 heterocycles. The SMILES string of the molecule is O=S1(=O)C[C@H]2N=C(SCc3ccc(Cl)cc3)N(c3ccc(F)cc3F)[C@H]2C1. The lowest BCUT2D eigenvalue weighted by molar-refractivity contribution is 0.577. The highest BCUT2D eigenvalue weighted by Crippen LogP contribution is 2.37. The second-order valence-electron chi connectivity index (χ2n) is 6.50. The summed E-state index contributed by atoms with van der Waals surface area (Å²) >= 11 is 7.29. The van der Waals surface area contributed by atoms with E-state index >= 15 is 0 Å². The minimum absolute atomic E-state index is 0.0536. The average Bonchev–Trinajstić information content (AvgIpc) is 3.06. The fraction of sp³-hybridized carbons (Fsp3) is 0.278. The maximum atomic E-state index is 14.4. The number of anilines is 1. The standard InChI is InChI=1S/C18H15ClF2N2O2S2/c19-12-3-1-11(2-4-12)8-26-18-22-15-9-27(24,25)10-17(15)23(18)16-6-5-13(20)7-14(16)21/h1-7,15,17H,8-10H2/t15-,17+/m1/s1. The molecule has 142 valence electrons. The quantitative estimate of drug-likeness (QED) is 0.744. The molecule has 2 aliphatic heterocycles. The predicted molar refractivity (Wildman–Crippen MR) is 105 cm³/mol. The molecule has 2 aromatic rings. The van der Waals surface area contributed by atoms with Gasteiger partial charge in [0, 0.05) is 16.8 Å². The van der Waals surface area contributed by atoms with Crippen LogP contribution in [0.4, 0.5) is 14.5 Å². The molecule has 1 fully saturated rings. The first-order valence-electron chi connectivity index (χ1n) is 8.22. The first kappa shape index (κ1) is 18.7. The molecule has 0 unspecified atom stereocenters. The number of thioether (sulfide) groups is 1. The molecule has 9 heteroatoms. The topological polar surface area (TPSA) is 49.7 Å². The fourth-order valence-corrected chi connectivity index (χ4v) is 6.36. The summed E-state index contributed by atoms with van der Waals surface area (Å²) in [5, 5.41) is 1.18. The van der Waals surface area contributed by atoms with Crippen molar-refractivity contribution in [3.63, 3.8) is 0 Å². The van der Waals surface area contributed by atoms with Gasteiger partial charge in [-0.15, -0.1) is 0 Å². The number of sulfone groups is 1. The van der Waals surface area contributed by atoms with Gasteiger partial charge in [0.05, 0.1) is 29.3 Å². The second-order valence-corrected chi connectivity index (χ2v) is 10.0. The lowest BCUT2D eigenvalue weighted by Crippen LogP contribution is -2.39. The third-order valence-electron chi connectivity index (χ3n) is 4.56. The molecular weight excluding hydrogens is 414 g/mol. The molecule has 0 spiro atoms. The minimum atomic E-state index is -3.23. The molecule has 2 aliphatic rings. The summed E-state index contributed by atoms with van der Waals surface area (Å²) < 4.78 is 51.8. The fourth-order valence-electron chi connectivity index (χ4n) is 3.32. The van der Waals surface area contributed by atoms with Crippen LogP contribution in [0.5, 0.6) is 0 Å². The van der Waals surface area contributed by atoms with E-state index in [1.165, 1.54) is 17.8 Å². The van der Waals surface area contributed by atoms with Gasteiger partial charge in [-0.25, -0.2) is 17.2 Å². The number of benzene rings is 2. The Morgan fingerprint density at radius 2 is 1.89 bits per heavy atom. The Bertz CT molecular complexity index is 1010. The van der Waals surface area contributed by atoms with Gasteiger partial charge in [-0.1, -0.05) is 35.5 Å². The van der Waals surface area contributed by atoms with Crippen molar-refractivity contribution in [2.24, 2.45) is 4.99 Å². The van der Waals surface area contributed by atoms with Crippen molar-refractivity contribution in [1.29, 1.82) is 0 Å². The lowest BCUT2D eigenvalue weighted by atomic mass is 10.1. The van der Waals surface area contributed by atoms with E-state index in [9.17, 15) is 17.2 Å². The zero-order valence-electron chi connectivity index (χ0n) is 14.0. The van der Waals surface area contributed by atoms with E-state index in [1.807, 2.05) is 12.1 Å². The van der Waals surface area contributed by atoms with Crippen LogP contribution in [0.1, 0.15) is 5.56 Å². The van der Waals surface area contributed by atoms with E-state index < -0.39 is 33.6 Å².